The minimum atomic E-state index is 0.0168. The molecule has 0 aromatic carbocycles. The number of rotatable bonds is 6. The molecule has 1 rings (SSSR count). The SMILES string of the molecule is CC(C)N1CCN(CCCCOC(C)(C)C)CC1. The van der Waals surface area contributed by atoms with E-state index < -0.39 is 0 Å². The largest absolute Gasteiger partial charge is 0.376 e. The first kappa shape index (κ1) is 15.9. The Kier molecular flexibility index (Phi) is 6.61. The molecule has 1 aliphatic heterocycles. The third-order valence-electron chi connectivity index (χ3n) is 3.54. The van der Waals surface area contributed by atoms with Crippen molar-refractivity contribution < 1.29 is 4.74 Å². The van der Waals surface area contributed by atoms with E-state index in [0.29, 0.717) is 6.04 Å². The first-order valence-corrected chi connectivity index (χ1v) is 7.49. The molecule has 0 saturated carbocycles. The highest BCUT2D eigenvalue weighted by Crippen LogP contribution is 2.09. The van der Waals surface area contributed by atoms with Gasteiger partial charge in [-0.25, -0.2) is 0 Å². The second-order valence-corrected chi connectivity index (χ2v) is 6.64. The third-order valence-corrected chi connectivity index (χ3v) is 3.54. The maximum Gasteiger partial charge on any atom is 0.0598 e. The van der Waals surface area contributed by atoms with Gasteiger partial charge in [0.15, 0.2) is 0 Å². The van der Waals surface area contributed by atoms with Crippen molar-refractivity contribution in [2.45, 2.75) is 59.1 Å². The molecule has 0 radical (unpaired) electrons. The van der Waals surface area contributed by atoms with Crippen LogP contribution in [0.3, 0.4) is 0 Å². The standard InChI is InChI=1S/C15H32N2O/c1-14(2)17-11-9-16(10-12-17)8-6-7-13-18-15(3,4)5/h14H,6-13H2,1-5H3. The summed E-state index contributed by atoms with van der Waals surface area (Å²) < 4.78 is 5.74. The lowest BCUT2D eigenvalue weighted by Gasteiger charge is -2.36. The maximum absolute atomic E-state index is 5.74. The first-order chi connectivity index (χ1) is 8.38. The minimum Gasteiger partial charge on any atom is -0.376 e. The molecule has 0 spiro atoms. The van der Waals surface area contributed by atoms with E-state index in [0.717, 1.165) is 6.61 Å². The topological polar surface area (TPSA) is 15.7 Å². The number of nitrogens with zero attached hydrogens (tertiary/aromatic N) is 2. The lowest BCUT2D eigenvalue weighted by atomic mass is 10.2. The monoisotopic (exact) mass is 256 g/mol. The van der Waals surface area contributed by atoms with Gasteiger partial charge >= 0.3 is 0 Å². The van der Waals surface area contributed by atoms with Gasteiger partial charge in [-0.2, -0.15) is 0 Å². The van der Waals surface area contributed by atoms with E-state index in [4.69, 9.17) is 4.74 Å². The van der Waals surface area contributed by atoms with E-state index in [1.165, 1.54) is 45.6 Å². The molecular formula is C15H32N2O. The zero-order valence-corrected chi connectivity index (χ0v) is 13.0. The lowest BCUT2D eigenvalue weighted by molar-refractivity contribution is -0.00576. The highest BCUT2D eigenvalue weighted by molar-refractivity contribution is 4.74. The van der Waals surface area contributed by atoms with Gasteiger partial charge in [0.05, 0.1) is 5.60 Å². The van der Waals surface area contributed by atoms with Crippen LogP contribution in [-0.2, 0) is 4.74 Å². The molecular weight excluding hydrogens is 224 g/mol. The minimum absolute atomic E-state index is 0.0168. The molecule has 3 nitrogen and oxygen atoms in total. The molecule has 1 heterocycles. The molecule has 1 fully saturated rings. The number of piperazine rings is 1. The molecule has 0 atom stereocenters. The molecule has 0 aromatic heterocycles. The Morgan fingerprint density at radius 3 is 2.11 bits per heavy atom. The van der Waals surface area contributed by atoms with Crippen LogP contribution in [0.2, 0.25) is 0 Å². The van der Waals surface area contributed by atoms with Crippen molar-refractivity contribution in [3.8, 4) is 0 Å². The van der Waals surface area contributed by atoms with Gasteiger partial charge in [-0.15, -0.1) is 0 Å². The summed E-state index contributed by atoms with van der Waals surface area (Å²) in [6.45, 7) is 18.0. The van der Waals surface area contributed by atoms with Crippen molar-refractivity contribution in [2.24, 2.45) is 0 Å². The highest BCUT2D eigenvalue weighted by Gasteiger charge is 2.18. The van der Waals surface area contributed by atoms with Crippen LogP contribution in [0.5, 0.6) is 0 Å². The molecule has 0 amide bonds. The Labute approximate surface area is 113 Å². The summed E-state index contributed by atoms with van der Waals surface area (Å²) in [5, 5.41) is 0. The summed E-state index contributed by atoms with van der Waals surface area (Å²) in [5.41, 5.74) is 0.0168. The van der Waals surface area contributed by atoms with Crippen LogP contribution in [0.15, 0.2) is 0 Å². The molecule has 0 N–H and O–H groups in total. The van der Waals surface area contributed by atoms with Gasteiger partial charge in [0.2, 0.25) is 0 Å². The van der Waals surface area contributed by atoms with Gasteiger partial charge in [-0.05, 0) is 54.0 Å². The Hall–Kier alpha value is -0.120. The van der Waals surface area contributed by atoms with E-state index in [-0.39, 0.29) is 5.60 Å². The van der Waals surface area contributed by atoms with E-state index in [1.54, 1.807) is 0 Å². The van der Waals surface area contributed by atoms with Crippen LogP contribution in [0, 0.1) is 0 Å². The quantitative estimate of drug-likeness (QED) is 0.679. The lowest BCUT2D eigenvalue weighted by Crippen LogP contribution is -2.48. The summed E-state index contributed by atoms with van der Waals surface area (Å²) in [6.07, 6.45) is 2.44. The molecule has 0 unspecified atom stereocenters. The maximum atomic E-state index is 5.74. The van der Waals surface area contributed by atoms with Crippen LogP contribution in [0.4, 0.5) is 0 Å². The fourth-order valence-electron chi connectivity index (χ4n) is 2.32. The van der Waals surface area contributed by atoms with Crippen molar-refractivity contribution in [2.75, 3.05) is 39.3 Å². The van der Waals surface area contributed by atoms with Crippen molar-refractivity contribution in [3.63, 3.8) is 0 Å². The number of unbranched alkanes of at least 4 members (excludes halogenated alkanes) is 1. The van der Waals surface area contributed by atoms with Gasteiger partial charge in [-0.3, -0.25) is 4.90 Å². The van der Waals surface area contributed by atoms with Gasteiger partial charge in [0.25, 0.3) is 0 Å². The molecule has 3 heteroatoms. The van der Waals surface area contributed by atoms with Gasteiger partial charge in [0.1, 0.15) is 0 Å². The van der Waals surface area contributed by atoms with Crippen LogP contribution in [-0.4, -0.2) is 60.8 Å². The van der Waals surface area contributed by atoms with E-state index >= 15 is 0 Å². The van der Waals surface area contributed by atoms with Crippen LogP contribution in [0.25, 0.3) is 0 Å². The molecule has 0 aliphatic carbocycles. The zero-order valence-electron chi connectivity index (χ0n) is 13.0. The second-order valence-electron chi connectivity index (χ2n) is 6.64. The summed E-state index contributed by atoms with van der Waals surface area (Å²) in [7, 11) is 0. The number of hydrogen-bond acceptors (Lipinski definition) is 3. The van der Waals surface area contributed by atoms with E-state index in [2.05, 4.69) is 44.4 Å². The normalized spacial score (nSPS) is 19.7. The summed E-state index contributed by atoms with van der Waals surface area (Å²) in [4.78, 5) is 5.16. The van der Waals surface area contributed by atoms with Crippen molar-refractivity contribution in [3.05, 3.63) is 0 Å². The molecule has 1 aliphatic rings. The van der Waals surface area contributed by atoms with E-state index in [9.17, 15) is 0 Å². The Morgan fingerprint density at radius 1 is 1.00 bits per heavy atom. The third kappa shape index (κ3) is 6.72. The Bertz CT molecular complexity index is 215. The molecule has 0 bridgehead atoms. The summed E-state index contributed by atoms with van der Waals surface area (Å²) in [6, 6.07) is 0.701. The fourth-order valence-corrected chi connectivity index (χ4v) is 2.32. The average molecular weight is 256 g/mol. The molecule has 108 valence electrons. The van der Waals surface area contributed by atoms with Gasteiger partial charge in [0, 0.05) is 38.8 Å². The van der Waals surface area contributed by atoms with Crippen LogP contribution >= 0.6 is 0 Å². The van der Waals surface area contributed by atoms with Gasteiger partial charge in [-0.1, -0.05) is 0 Å². The fraction of sp³-hybridized carbons (Fsp3) is 1.00. The van der Waals surface area contributed by atoms with Crippen molar-refractivity contribution >= 4 is 0 Å². The Morgan fingerprint density at radius 2 is 1.61 bits per heavy atom. The predicted molar refractivity (Wildman–Crippen MR) is 78.1 cm³/mol. The average Bonchev–Trinajstić information content (AvgIpc) is 2.27. The zero-order chi connectivity index (χ0) is 13.6. The van der Waals surface area contributed by atoms with Crippen molar-refractivity contribution in [1.82, 2.24) is 9.80 Å². The van der Waals surface area contributed by atoms with Crippen LogP contribution in [0.1, 0.15) is 47.5 Å². The highest BCUT2D eigenvalue weighted by atomic mass is 16.5. The second kappa shape index (κ2) is 7.46. The number of ether oxygens (including phenoxy) is 1. The summed E-state index contributed by atoms with van der Waals surface area (Å²) in [5.74, 6) is 0. The number of hydrogen-bond donors (Lipinski definition) is 0. The van der Waals surface area contributed by atoms with Crippen molar-refractivity contribution in [1.29, 1.82) is 0 Å². The Balaban J connectivity index is 2.01. The predicted octanol–water partition coefficient (Wildman–Crippen LogP) is 2.61. The molecule has 1 saturated heterocycles. The molecule has 18 heavy (non-hydrogen) atoms. The van der Waals surface area contributed by atoms with Gasteiger partial charge < -0.3 is 9.64 Å². The smallest absolute Gasteiger partial charge is 0.0598 e. The van der Waals surface area contributed by atoms with Crippen LogP contribution < -0.4 is 0 Å². The van der Waals surface area contributed by atoms with E-state index in [1.807, 2.05) is 0 Å². The molecule has 0 aromatic rings. The summed E-state index contributed by atoms with van der Waals surface area (Å²) >= 11 is 0. The first-order valence-electron chi connectivity index (χ1n) is 7.49.